The second kappa shape index (κ2) is 7.79. The quantitative estimate of drug-likeness (QED) is 0.829. The van der Waals surface area contributed by atoms with Crippen LogP contribution < -0.4 is 10.6 Å². The van der Waals surface area contributed by atoms with Crippen LogP contribution in [0.15, 0.2) is 54.6 Å². The molecule has 2 aromatic carbocycles. The summed E-state index contributed by atoms with van der Waals surface area (Å²) in [5, 5.41) is 0. The summed E-state index contributed by atoms with van der Waals surface area (Å²) in [6.07, 6.45) is 2.15. The molecule has 2 aromatic rings. The van der Waals surface area contributed by atoms with E-state index >= 15 is 0 Å². The smallest absolute Gasteiger partial charge is 0.128 e. The topological polar surface area (TPSA) is 29.3 Å². The lowest BCUT2D eigenvalue weighted by atomic mass is 10.0. The SMILES string of the molecule is CCCCN(c1ccccc1)C(CN)c1ccccc1F. The van der Waals surface area contributed by atoms with Crippen LogP contribution in [0.4, 0.5) is 10.1 Å². The summed E-state index contributed by atoms with van der Waals surface area (Å²) in [7, 11) is 0. The highest BCUT2D eigenvalue weighted by Crippen LogP contribution is 2.28. The average molecular weight is 286 g/mol. The van der Waals surface area contributed by atoms with E-state index in [1.165, 1.54) is 6.07 Å². The zero-order chi connectivity index (χ0) is 15.1. The molecule has 0 aliphatic heterocycles. The Hall–Kier alpha value is -1.87. The van der Waals surface area contributed by atoms with Crippen molar-refractivity contribution in [3.8, 4) is 0 Å². The molecule has 0 spiro atoms. The van der Waals surface area contributed by atoms with Gasteiger partial charge in [-0.1, -0.05) is 49.7 Å². The molecule has 1 atom stereocenters. The van der Waals surface area contributed by atoms with E-state index in [1.807, 2.05) is 30.3 Å². The zero-order valence-electron chi connectivity index (χ0n) is 12.5. The summed E-state index contributed by atoms with van der Waals surface area (Å²) < 4.78 is 14.1. The second-order valence-corrected chi connectivity index (χ2v) is 5.16. The number of halogens is 1. The number of hydrogen-bond donors (Lipinski definition) is 1. The third-order valence-electron chi connectivity index (χ3n) is 3.70. The molecule has 2 rings (SSSR count). The first kappa shape index (κ1) is 15.5. The molecule has 2 nitrogen and oxygen atoms in total. The van der Waals surface area contributed by atoms with E-state index in [0.29, 0.717) is 12.1 Å². The van der Waals surface area contributed by atoms with Crippen molar-refractivity contribution in [2.24, 2.45) is 5.73 Å². The number of para-hydroxylation sites is 1. The Morgan fingerprint density at radius 2 is 1.71 bits per heavy atom. The molecular weight excluding hydrogens is 263 g/mol. The number of hydrogen-bond acceptors (Lipinski definition) is 2. The number of anilines is 1. The van der Waals surface area contributed by atoms with E-state index in [9.17, 15) is 4.39 Å². The molecule has 0 saturated carbocycles. The Morgan fingerprint density at radius 3 is 2.33 bits per heavy atom. The van der Waals surface area contributed by atoms with Gasteiger partial charge in [-0.05, 0) is 24.6 Å². The van der Waals surface area contributed by atoms with E-state index in [2.05, 4.69) is 24.0 Å². The van der Waals surface area contributed by atoms with Crippen molar-refractivity contribution in [3.63, 3.8) is 0 Å². The Labute approximate surface area is 126 Å². The van der Waals surface area contributed by atoms with Gasteiger partial charge in [-0.2, -0.15) is 0 Å². The second-order valence-electron chi connectivity index (χ2n) is 5.16. The first-order valence-electron chi connectivity index (χ1n) is 7.54. The molecule has 2 N–H and O–H groups in total. The maximum atomic E-state index is 14.1. The molecule has 3 heteroatoms. The molecular formula is C18H23FN2. The van der Waals surface area contributed by atoms with Gasteiger partial charge in [-0.3, -0.25) is 0 Å². The van der Waals surface area contributed by atoms with Crippen LogP contribution in [0.2, 0.25) is 0 Å². The van der Waals surface area contributed by atoms with Crippen LogP contribution >= 0.6 is 0 Å². The number of unbranched alkanes of at least 4 members (excludes halogenated alkanes) is 1. The lowest BCUT2D eigenvalue weighted by Crippen LogP contribution is -2.35. The number of benzene rings is 2. The van der Waals surface area contributed by atoms with Gasteiger partial charge in [0.2, 0.25) is 0 Å². The van der Waals surface area contributed by atoms with Crippen LogP contribution in [0.25, 0.3) is 0 Å². The third kappa shape index (κ3) is 3.82. The summed E-state index contributed by atoms with van der Waals surface area (Å²) in [6.45, 7) is 3.42. The highest BCUT2D eigenvalue weighted by Gasteiger charge is 2.21. The molecule has 0 bridgehead atoms. The van der Waals surface area contributed by atoms with Gasteiger partial charge in [0.1, 0.15) is 5.82 Å². The predicted molar refractivity (Wildman–Crippen MR) is 86.9 cm³/mol. The minimum absolute atomic E-state index is 0.139. The summed E-state index contributed by atoms with van der Waals surface area (Å²) in [5.74, 6) is -0.189. The summed E-state index contributed by atoms with van der Waals surface area (Å²) >= 11 is 0. The number of nitrogens with two attached hydrogens (primary N) is 1. The molecule has 1 unspecified atom stereocenters. The minimum Gasteiger partial charge on any atom is -0.363 e. The molecule has 0 aliphatic rings. The Balaban J connectivity index is 2.36. The number of nitrogens with zero attached hydrogens (tertiary/aromatic N) is 1. The van der Waals surface area contributed by atoms with E-state index in [-0.39, 0.29) is 11.9 Å². The Kier molecular flexibility index (Phi) is 5.76. The van der Waals surface area contributed by atoms with Crippen molar-refractivity contribution in [3.05, 3.63) is 66.0 Å². The van der Waals surface area contributed by atoms with Gasteiger partial charge in [0.05, 0.1) is 6.04 Å². The van der Waals surface area contributed by atoms with Gasteiger partial charge in [0.15, 0.2) is 0 Å². The van der Waals surface area contributed by atoms with E-state index in [4.69, 9.17) is 5.73 Å². The standard InChI is InChI=1S/C18H23FN2/c1-2-3-13-21(15-9-5-4-6-10-15)18(14-20)16-11-7-8-12-17(16)19/h4-12,18H,2-3,13-14,20H2,1H3. The third-order valence-corrected chi connectivity index (χ3v) is 3.70. The lowest BCUT2D eigenvalue weighted by molar-refractivity contribution is 0.550. The molecule has 112 valence electrons. The minimum atomic E-state index is -0.189. The summed E-state index contributed by atoms with van der Waals surface area (Å²) in [6, 6.07) is 16.9. The fourth-order valence-electron chi connectivity index (χ4n) is 2.58. The van der Waals surface area contributed by atoms with Crippen LogP contribution in [0.1, 0.15) is 31.4 Å². The normalized spacial score (nSPS) is 12.1. The van der Waals surface area contributed by atoms with Crippen LogP contribution in [-0.4, -0.2) is 13.1 Å². The van der Waals surface area contributed by atoms with Crippen molar-refractivity contribution in [2.75, 3.05) is 18.0 Å². The molecule has 0 heterocycles. The van der Waals surface area contributed by atoms with Crippen molar-refractivity contribution in [1.29, 1.82) is 0 Å². The maximum absolute atomic E-state index is 14.1. The van der Waals surface area contributed by atoms with Gasteiger partial charge in [0.25, 0.3) is 0 Å². The first-order chi connectivity index (χ1) is 10.3. The average Bonchev–Trinajstić information content (AvgIpc) is 2.53. The zero-order valence-corrected chi connectivity index (χ0v) is 12.5. The van der Waals surface area contributed by atoms with Crippen molar-refractivity contribution in [2.45, 2.75) is 25.8 Å². The molecule has 0 fully saturated rings. The molecule has 0 amide bonds. The van der Waals surface area contributed by atoms with Gasteiger partial charge in [-0.15, -0.1) is 0 Å². The monoisotopic (exact) mass is 286 g/mol. The van der Waals surface area contributed by atoms with E-state index in [0.717, 1.165) is 25.1 Å². The highest BCUT2D eigenvalue weighted by molar-refractivity contribution is 5.49. The van der Waals surface area contributed by atoms with Crippen LogP contribution in [0, 0.1) is 5.82 Å². The lowest BCUT2D eigenvalue weighted by Gasteiger charge is -2.33. The maximum Gasteiger partial charge on any atom is 0.128 e. The Bertz CT molecular complexity index is 542. The highest BCUT2D eigenvalue weighted by atomic mass is 19.1. The van der Waals surface area contributed by atoms with Crippen molar-refractivity contribution in [1.82, 2.24) is 0 Å². The molecule has 0 saturated heterocycles. The molecule has 21 heavy (non-hydrogen) atoms. The summed E-state index contributed by atoms with van der Waals surface area (Å²) in [5.41, 5.74) is 7.73. The van der Waals surface area contributed by atoms with Gasteiger partial charge in [0, 0.05) is 24.3 Å². The van der Waals surface area contributed by atoms with Gasteiger partial charge >= 0.3 is 0 Å². The van der Waals surface area contributed by atoms with E-state index < -0.39 is 0 Å². The van der Waals surface area contributed by atoms with Crippen molar-refractivity contribution < 1.29 is 4.39 Å². The predicted octanol–water partition coefficient (Wildman–Crippen LogP) is 4.13. The molecule has 0 aromatic heterocycles. The van der Waals surface area contributed by atoms with Crippen molar-refractivity contribution >= 4 is 5.69 Å². The van der Waals surface area contributed by atoms with Crippen LogP contribution in [0.5, 0.6) is 0 Å². The fourth-order valence-corrected chi connectivity index (χ4v) is 2.58. The largest absolute Gasteiger partial charge is 0.363 e. The van der Waals surface area contributed by atoms with Gasteiger partial charge < -0.3 is 10.6 Å². The Morgan fingerprint density at radius 1 is 1.05 bits per heavy atom. The molecule has 0 aliphatic carbocycles. The molecule has 0 radical (unpaired) electrons. The summed E-state index contributed by atoms with van der Waals surface area (Å²) in [4.78, 5) is 2.21. The van der Waals surface area contributed by atoms with Gasteiger partial charge in [-0.25, -0.2) is 4.39 Å². The van der Waals surface area contributed by atoms with Crippen LogP contribution in [0.3, 0.4) is 0 Å². The van der Waals surface area contributed by atoms with E-state index in [1.54, 1.807) is 6.07 Å². The first-order valence-corrected chi connectivity index (χ1v) is 7.54. The fraction of sp³-hybridized carbons (Fsp3) is 0.333. The number of rotatable bonds is 7. The van der Waals surface area contributed by atoms with Crippen LogP contribution in [-0.2, 0) is 0 Å².